The van der Waals surface area contributed by atoms with Crippen LogP contribution in [0.15, 0.2) is 0 Å². The summed E-state index contributed by atoms with van der Waals surface area (Å²) in [5.74, 6) is 0.760. The van der Waals surface area contributed by atoms with E-state index in [0.717, 1.165) is 38.6 Å². The zero-order chi connectivity index (χ0) is 9.90. The second kappa shape index (κ2) is 4.09. The molecule has 1 aliphatic heterocycles. The molecule has 0 bridgehead atoms. The lowest BCUT2D eigenvalue weighted by Gasteiger charge is -2.31. The van der Waals surface area contributed by atoms with Crippen molar-refractivity contribution in [3.8, 4) is 0 Å². The van der Waals surface area contributed by atoms with Gasteiger partial charge in [-0.3, -0.25) is 5.41 Å². The van der Waals surface area contributed by atoms with Crippen molar-refractivity contribution in [3.63, 3.8) is 0 Å². The van der Waals surface area contributed by atoms with Gasteiger partial charge in [-0.1, -0.05) is 20.8 Å². The summed E-state index contributed by atoms with van der Waals surface area (Å²) in [6.07, 6.45) is 0.854. The molecule has 0 amide bonds. The van der Waals surface area contributed by atoms with Gasteiger partial charge < -0.3 is 9.64 Å². The largest absolute Gasteiger partial charge is 0.378 e. The zero-order valence-electron chi connectivity index (χ0n) is 8.89. The van der Waals surface area contributed by atoms with Gasteiger partial charge in [0.05, 0.1) is 19.0 Å². The first-order valence-electron chi connectivity index (χ1n) is 4.89. The minimum atomic E-state index is 0.218. The molecule has 0 radical (unpaired) electrons. The van der Waals surface area contributed by atoms with Gasteiger partial charge >= 0.3 is 0 Å². The van der Waals surface area contributed by atoms with E-state index in [1.54, 1.807) is 0 Å². The number of amidine groups is 1. The molecule has 1 heterocycles. The van der Waals surface area contributed by atoms with Crippen molar-refractivity contribution in [1.82, 2.24) is 4.90 Å². The number of rotatable bonds is 1. The van der Waals surface area contributed by atoms with Crippen molar-refractivity contribution in [2.75, 3.05) is 26.3 Å². The molecule has 1 saturated heterocycles. The van der Waals surface area contributed by atoms with Crippen LogP contribution >= 0.6 is 0 Å². The molecule has 3 heteroatoms. The quantitative estimate of drug-likeness (QED) is 0.497. The van der Waals surface area contributed by atoms with Crippen LogP contribution in [0.4, 0.5) is 0 Å². The Labute approximate surface area is 80.6 Å². The maximum absolute atomic E-state index is 7.91. The highest BCUT2D eigenvalue weighted by molar-refractivity contribution is 5.79. The normalized spacial score (nSPS) is 18.8. The van der Waals surface area contributed by atoms with Crippen molar-refractivity contribution in [2.24, 2.45) is 5.41 Å². The number of ether oxygens (including phenoxy) is 1. The summed E-state index contributed by atoms with van der Waals surface area (Å²) in [5, 5.41) is 7.91. The Hall–Kier alpha value is -0.570. The minimum absolute atomic E-state index is 0.218. The molecule has 1 aliphatic rings. The first-order chi connectivity index (χ1) is 5.99. The summed E-state index contributed by atoms with van der Waals surface area (Å²) >= 11 is 0. The van der Waals surface area contributed by atoms with Gasteiger partial charge in [-0.05, 0) is 5.41 Å². The third-order valence-corrected chi connectivity index (χ3v) is 2.09. The lowest BCUT2D eigenvalue weighted by molar-refractivity contribution is 0.0659. The fourth-order valence-corrected chi connectivity index (χ4v) is 1.45. The SMILES string of the molecule is CC(C)(C)CC(=N)N1CCOCC1. The first-order valence-corrected chi connectivity index (χ1v) is 4.89. The Bertz CT molecular complexity index is 178. The molecule has 1 N–H and O–H groups in total. The van der Waals surface area contributed by atoms with Gasteiger partial charge in [0.2, 0.25) is 0 Å². The molecule has 0 aromatic heterocycles. The fourth-order valence-electron chi connectivity index (χ4n) is 1.45. The van der Waals surface area contributed by atoms with Crippen LogP contribution in [0.25, 0.3) is 0 Å². The van der Waals surface area contributed by atoms with Crippen LogP contribution in [-0.4, -0.2) is 37.0 Å². The topological polar surface area (TPSA) is 36.3 Å². The number of nitrogens with one attached hydrogen (secondary N) is 1. The van der Waals surface area contributed by atoms with Crippen LogP contribution in [0.1, 0.15) is 27.2 Å². The highest BCUT2D eigenvalue weighted by Crippen LogP contribution is 2.20. The zero-order valence-corrected chi connectivity index (χ0v) is 8.89. The average molecular weight is 184 g/mol. The molecule has 1 fully saturated rings. The third kappa shape index (κ3) is 3.77. The second-order valence-electron chi connectivity index (χ2n) is 4.78. The lowest BCUT2D eigenvalue weighted by atomic mass is 9.91. The van der Waals surface area contributed by atoms with E-state index in [1.165, 1.54) is 0 Å². The van der Waals surface area contributed by atoms with E-state index in [0.29, 0.717) is 0 Å². The van der Waals surface area contributed by atoms with E-state index in [2.05, 4.69) is 25.7 Å². The maximum Gasteiger partial charge on any atom is 0.0964 e. The van der Waals surface area contributed by atoms with Crippen molar-refractivity contribution < 1.29 is 4.74 Å². The highest BCUT2D eigenvalue weighted by atomic mass is 16.5. The molecule has 13 heavy (non-hydrogen) atoms. The Morgan fingerprint density at radius 2 is 1.85 bits per heavy atom. The van der Waals surface area contributed by atoms with E-state index < -0.39 is 0 Å². The van der Waals surface area contributed by atoms with Crippen LogP contribution < -0.4 is 0 Å². The van der Waals surface area contributed by atoms with Gasteiger partial charge in [-0.15, -0.1) is 0 Å². The van der Waals surface area contributed by atoms with Gasteiger partial charge in [0.1, 0.15) is 0 Å². The Morgan fingerprint density at radius 3 is 2.31 bits per heavy atom. The summed E-state index contributed by atoms with van der Waals surface area (Å²) in [6.45, 7) is 9.81. The van der Waals surface area contributed by atoms with E-state index >= 15 is 0 Å². The van der Waals surface area contributed by atoms with Crippen LogP contribution in [0.3, 0.4) is 0 Å². The van der Waals surface area contributed by atoms with Crippen molar-refractivity contribution in [2.45, 2.75) is 27.2 Å². The Balaban J connectivity index is 2.38. The molecule has 0 unspecified atom stereocenters. The van der Waals surface area contributed by atoms with Crippen molar-refractivity contribution in [3.05, 3.63) is 0 Å². The van der Waals surface area contributed by atoms with Gasteiger partial charge in [0.25, 0.3) is 0 Å². The third-order valence-electron chi connectivity index (χ3n) is 2.09. The summed E-state index contributed by atoms with van der Waals surface area (Å²) in [5.41, 5.74) is 0.218. The van der Waals surface area contributed by atoms with Crippen LogP contribution in [0, 0.1) is 10.8 Å². The van der Waals surface area contributed by atoms with Gasteiger partial charge in [0, 0.05) is 19.5 Å². The number of nitrogens with zero attached hydrogens (tertiary/aromatic N) is 1. The van der Waals surface area contributed by atoms with Gasteiger partial charge in [-0.25, -0.2) is 0 Å². The van der Waals surface area contributed by atoms with E-state index in [4.69, 9.17) is 10.1 Å². The van der Waals surface area contributed by atoms with Crippen LogP contribution in [0.2, 0.25) is 0 Å². The molecule has 0 atom stereocenters. The molecule has 1 rings (SSSR count). The summed E-state index contributed by atoms with van der Waals surface area (Å²) < 4.78 is 5.24. The van der Waals surface area contributed by atoms with E-state index in [-0.39, 0.29) is 5.41 Å². The summed E-state index contributed by atoms with van der Waals surface area (Å²) in [6, 6.07) is 0. The predicted molar refractivity (Wildman–Crippen MR) is 54.2 cm³/mol. The van der Waals surface area contributed by atoms with Crippen LogP contribution in [-0.2, 0) is 4.74 Å². The maximum atomic E-state index is 7.91. The van der Waals surface area contributed by atoms with Crippen molar-refractivity contribution in [1.29, 1.82) is 5.41 Å². The van der Waals surface area contributed by atoms with Gasteiger partial charge in [-0.2, -0.15) is 0 Å². The van der Waals surface area contributed by atoms with Gasteiger partial charge in [0.15, 0.2) is 0 Å². The van der Waals surface area contributed by atoms with E-state index in [1.807, 2.05) is 0 Å². The molecule has 0 spiro atoms. The molecule has 0 aliphatic carbocycles. The predicted octanol–water partition coefficient (Wildman–Crippen LogP) is 1.73. The fraction of sp³-hybridized carbons (Fsp3) is 0.900. The summed E-state index contributed by atoms with van der Waals surface area (Å²) in [4.78, 5) is 2.12. The average Bonchev–Trinajstić information content (AvgIpc) is 2.03. The van der Waals surface area contributed by atoms with Crippen LogP contribution in [0.5, 0.6) is 0 Å². The first kappa shape index (κ1) is 10.5. The molecule has 3 nitrogen and oxygen atoms in total. The van der Waals surface area contributed by atoms with Crippen molar-refractivity contribution >= 4 is 5.84 Å². The second-order valence-corrected chi connectivity index (χ2v) is 4.78. The minimum Gasteiger partial charge on any atom is -0.378 e. The number of hydrogen-bond donors (Lipinski definition) is 1. The highest BCUT2D eigenvalue weighted by Gasteiger charge is 2.19. The molecule has 0 aromatic carbocycles. The number of hydrogen-bond acceptors (Lipinski definition) is 2. The molecular formula is C10H20N2O. The Morgan fingerprint density at radius 1 is 1.31 bits per heavy atom. The molecule has 0 aromatic rings. The van der Waals surface area contributed by atoms with E-state index in [9.17, 15) is 0 Å². The molecule has 76 valence electrons. The lowest BCUT2D eigenvalue weighted by Crippen LogP contribution is -2.41. The molecule has 0 saturated carbocycles. The summed E-state index contributed by atoms with van der Waals surface area (Å²) in [7, 11) is 0. The Kier molecular flexibility index (Phi) is 3.31. The molecular weight excluding hydrogens is 164 g/mol. The number of morpholine rings is 1. The smallest absolute Gasteiger partial charge is 0.0964 e. The monoisotopic (exact) mass is 184 g/mol. The standard InChI is InChI=1S/C10H20N2O/c1-10(2,3)8-9(11)12-4-6-13-7-5-12/h11H,4-8H2,1-3H3.